The van der Waals surface area contributed by atoms with Crippen LogP contribution in [0.25, 0.3) is 17.1 Å². The molecule has 28 heavy (non-hydrogen) atoms. The lowest BCUT2D eigenvalue weighted by Gasteiger charge is -2.32. The van der Waals surface area contributed by atoms with Crippen LogP contribution in [0.15, 0.2) is 55.3 Å². The Balaban J connectivity index is 1.73. The van der Waals surface area contributed by atoms with Gasteiger partial charge in [0.15, 0.2) is 0 Å². The fourth-order valence-electron chi connectivity index (χ4n) is 3.85. The number of benzene rings is 1. The second kappa shape index (κ2) is 7.97. The van der Waals surface area contributed by atoms with E-state index in [0.29, 0.717) is 18.0 Å². The number of imidazole rings is 1. The largest absolute Gasteiger partial charge is 0.342 e. The summed E-state index contributed by atoms with van der Waals surface area (Å²) in [5.41, 5.74) is 3.64. The molecule has 0 spiro atoms. The van der Waals surface area contributed by atoms with Gasteiger partial charge in [-0.3, -0.25) is 4.98 Å². The fourth-order valence-corrected chi connectivity index (χ4v) is 3.85. The number of pyridine rings is 1. The molecule has 1 fully saturated rings. The Kier molecular flexibility index (Phi) is 5.24. The lowest BCUT2D eigenvalue weighted by Crippen LogP contribution is -2.36. The van der Waals surface area contributed by atoms with Crippen LogP contribution in [0, 0.1) is 11.7 Å². The van der Waals surface area contributed by atoms with Crippen LogP contribution in [-0.2, 0) is 6.54 Å². The van der Waals surface area contributed by atoms with Crippen molar-refractivity contribution < 1.29 is 4.39 Å². The molecule has 4 rings (SSSR count). The molecule has 1 atom stereocenters. The predicted octanol–water partition coefficient (Wildman–Crippen LogP) is 5.05. The number of rotatable bonds is 5. The first-order chi connectivity index (χ1) is 13.7. The molecule has 1 aliphatic heterocycles. The summed E-state index contributed by atoms with van der Waals surface area (Å²) < 4.78 is 15.9. The van der Waals surface area contributed by atoms with Crippen LogP contribution in [0.5, 0.6) is 0 Å². The van der Waals surface area contributed by atoms with Crippen molar-refractivity contribution in [2.24, 2.45) is 5.92 Å². The number of halogens is 1. The molecule has 3 aromatic rings. The second-order valence-electron chi connectivity index (χ2n) is 7.30. The first-order valence-electron chi connectivity index (χ1n) is 9.79. The molecule has 1 aromatic carbocycles. The molecule has 2 aromatic heterocycles. The predicted molar refractivity (Wildman–Crippen MR) is 113 cm³/mol. The molecule has 5 heteroatoms. The van der Waals surface area contributed by atoms with Gasteiger partial charge in [-0.2, -0.15) is 0 Å². The molecule has 0 saturated carbocycles. The molecule has 0 amide bonds. The van der Waals surface area contributed by atoms with E-state index in [4.69, 9.17) is 4.98 Å². The Hall–Kier alpha value is -2.95. The molecule has 0 bridgehead atoms. The third kappa shape index (κ3) is 3.70. The highest BCUT2D eigenvalue weighted by atomic mass is 19.1. The Morgan fingerprint density at radius 1 is 1.29 bits per heavy atom. The van der Waals surface area contributed by atoms with E-state index in [9.17, 15) is 4.39 Å². The van der Waals surface area contributed by atoms with Crippen molar-refractivity contribution in [1.29, 1.82) is 0 Å². The van der Waals surface area contributed by atoms with Crippen molar-refractivity contribution in [3.63, 3.8) is 0 Å². The maximum absolute atomic E-state index is 13.8. The van der Waals surface area contributed by atoms with Gasteiger partial charge < -0.3 is 9.47 Å². The van der Waals surface area contributed by atoms with E-state index < -0.39 is 0 Å². The van der Waals surface area contributed by atoms with Crippen molar-refractivity contribution >= 4 is 23.1 Å². The molecule has 0 radical (unpaired) electrons. The number of hydrogen-bond donors (Lipinski definition) is 0. The van der Waals surface area contributed by atoms with Gasteiger partial charge in [0.25, 0.3) is 0 Å². The minimum absolute atomic E-state index is 0.264. The lowest BCUT2D eigenvalue weighted by molar-refractivity contribution is 0.476. The lowest BCUT2D eigenvalue weighted by atomic mass is 9.99. The van der Waals surface area contributed by atoms with Gasteiger partial charge in [0.2, 0.25) is 5.95 Å². The highest BCUT2D eigenvalue weighted by molar-refractivity contribution is 5.79. The topological polar surface area (TPSA) is 34.0 Å². The van der Waals surface area contributed by atoms with Gasteiger partial charge >= 0.3 is 0 Å². The van der Waals surface area contributed by atoms with E-state index in [-0.39, 0.29) is 5.82 Å². The molecule has 0 unspecified atom stereocenters. The Morgan fingerprint density at radius 2 is 2.18 bits per heavy atom. The highest BCUT2D eigenvalue weighted by Crippen LogP contribution is 2.28. The molecular weight excluding hydrogens is 351 g/mol. The van der Waals surface area contributed by atoms with Crippen molar-refractivity contribution in [3.8, 4) is 0 Å². The summed E-state index contributed by atoms with van der Waals surface area (Å²) in [5, 5.41) is 0. The zero-order valence-electron chi connectivity index (χ0n) is 16.2. The van der Waals surface area contributed by atoms with Gasteiger partial charge in [0.1, 0.15) is 5.82 Å². The van der Waals surface area contributed by atoms with Gasteiger partial charge in [-0.25, -0.2) is 9.37 Å². The van der Waals surface area contributed by atoms with Gasteiger partial charge in [-0.05, 0) is 49.4 Å². The molecule has 1 aliphatic rings. The number of aromatic nitrogens is 3. The van der Waals surface area contributed by atoms with E-state index in [0.717, 1.165) is 48.7 Å². The minimum atomic E-state index is -0.264. The van der Waals surface area contributed by atoms with E-state index >= 15 is 0 Å². The quantitative estimate of drug-likeness (QED) is 0.584. The third-order valence-corrected chi connectivity index (χ3v) is 5.29. The SMILES string of the molecule is C=C[C@H]1CCCN(c2nc3cc(F)ccc3n2Cc2ccc(/C=C/C)cn2)C1. The molecule has 4 nitrogen and oxygen atoms in total. The summed E-state index contributed by atoms with van der Waals surface area (Å²) in [5.74, 6) is 1.07. The number of piperidine rings is 1. The van der Waals surface area contributed by atoms with Gasteiger partial charge in [0, 0.05) is 25.4 Å². The highest BCUT2D eigenvalue weighted by Gasteiger charge is 2.23. The normalized spacial score (nSPS) is 17.5. The third-order valence-electron chi connectivity index (χ3n) is 5.29. The maximum atomic E-state index is 13.8. The number of hydrogen-bond acceptors (Lipinski definition) is 3. The van der Waals surface area contributed by atoms with Crippen LogP contribution in [-0.4, -0.2) is 27.6 Å². The summed E-state index contributed by atoms with van der Waals surface area (Å²) in [4.78, 5) is 11.7. The number of allylic oxidation sites excluding steroid dienone is 1. The van der Waals surface area contributed by atoms with Crippen LogP contribution in [0.2, 0.25) is 0 Å². The van der Waals surface area contributed by atoms with Gasteiger partial charge in [-0.15, -0.1) is 6.58 Å². The smallest absolute Gasteiger partial charge is 0.206 e. The van der Waals surface area contributed by atoms with Crippen molar-refractivity contribution in [3.05, 3.63) is 72.3 Å². The summed E-state index contributed by atoms with van der Waals surface area (Å²) in [6.45, 7) is 8.39. The molecule has 1 saturated heterocycles. The Morgan fingerprint density at radius 3 is 2.93 bits per heavy atom. The number of anilines is 1. The number of nitrogens with zero attached hydrogens (tertiary/aromatic N) is 4. The monoisotopic (exact) mass is 376 g/mol. The Labute approximate surface area is 165 Å². The average Bonchev–Trinajstić information content (AvgIpc) is 3.07. The van der Waals surface area contributed by atoms with Crippen molar-refractivity contribution in [2.45, 2.75) is 26.3 Å². The van der Waals surface area contributed by atoms with Crippen LogP contribution in [0.3, 0.4) is 0 Å². The standard InChI is InChI=1S/C23H25FN4/c1-3-6-18-8-10-20(25-14-18)16-28-22-11-9-19(24)13-21(22)26-23(28)27-12-5-7-17(4-2)15-27/h3-4,6,8-11,13-14,17H,2,5,7,12,15-16H2,1H3/b6-3+/t17-/m0/s1. The summed E-state index contributed by atoms with van der Waals surface area (Å²) in [7, 11) is 0. The molecule has 144 valence electrons. The molecule has 3 heterocycles. The number of fused-ring (bicyclic) bond motifs is 1. The van der Waals surface area contributed by atoms with E-state index in [1.165, 1.54) is 12.1 Å². The van der Waals surface area contributed by atoms with Crippen molar-refractivity contribution in [2.75, 3.05) is 18.0 Å². The Bertz CT molecular complexity index is 1000. The summed E-state index contributed by atoms with van der Waals surface area (Å²) in [6, 6.07) is 8.92. The van der Waals surface area contributed by atoms with E-state index in [2.05, 4.69) is 27.1 Å². The first kappa shape index (κ1) is 18.4. The van der Waals surface area contributed by atoms with Gasteiger partial charge in [0.05, 0.1) is 23.3 Å². The first-order valence-corrected chi connectivity index (χ1v) is 9.79. The van der Waals surface area contributed by atoms with Crippen molar-refractivity contribution in [1.82, 2.24) is 14.5 Å². The molecule has 0 aliphatic carbocycles. The molecule has 0 N–H and O–H groups in total. The van der Waals surface area contributed by atoms with Crippen LogP contribution in [0.4, 0.5) is 10.3 Å². The van der Waals surface area contributed by atoms with Gasteiger partial charge in [-0.1, -0.05) is 24.3 Å². The van der Waals surface area contributed by atoms with E-state index in [1.807, 2.05) is 43.5 Å². The maximum Gasteiger partial charge on any atom is 0.206 e. The second-order valence-corrected chi connectivity index (χ2v) is 7.30. The summed E-state index contributed by atoms with van der Waals surface area (Å²) in [6.07, 6.45) is 10.2. The molecular formula is C23H25FN4. The zero-order valence-corrected chi connectivity index (χ0v) is 16.2. The van der Waals surface area contributed by atoms with Crippen LogP contribution in [0.1, 0.15) is 31.0 Å². The summed E-state index contributed by atoms with van der Waals surface area (Å²) >= 11 is 0. The van der Waals surface area contributed by atoms with Crippen LogP contribution >= 0.6 is 0 Å². The fraction of sp³-hybridized carbons (Fsp3) is 0.304. The zero-order chi connectivity index (χ0) is 19.5. The minimum Gasteiger partial charge on any atom is -0.342 e. The van der Waals surface area contributed by atoms with Crippen LogP contribution < -0.4 is 4.90 Å². The van der Waals surface area contributed by atoms with E-state index in [1.54, 1.807) is 0 Å². The average molecular weight is 376 g/mol.